The molecule has 2 aromatic carbocycles. The molecule has 5 heteroatoms. The van der Waals surface area contributed by atoms with E-state index in [4.69, 9.17) is 5.26 Å². The first-order chi connectivity index (χ1) is 12.7. The summed E-state index contributed by atoms with van der Waals surface area (Å²) >= 11 is 0. The Morgan fingerprint density at radius 1 is 1.12 bits per heavy atom. The Balaban J connectivity index is 1.54. The smallest absolute Gasteiger partial charge is 0.222 e. The van der Waals surface area contributed by atoms with Crippen LogP contribution >= 0.6 is 0 Å². The highest BCUT2D eigenvalue weighted by molar-refractivity contribution is 5.76. The highest BCUT2D eigenvalue weighted by atomic mass is 16.2. The van der Waals surface area contributed by atoms with E-state index in [2.05, 4.69) is 11.2 Å². The Bertz CT molecular complexity index is 907. The van der Waals surface area contributed by atoms with Crippen LogP contribution in [-0.2, 0) is 17.8 Å². The SMILES string of the molecule is CN(Cc1cnn(-c2ccccc2)c1)C(=O)CCc1ccc(C#N)cc1. The Labute approximate surface area is 153 Å². The fraction of sp³-hybridized carbons (Fsp3) is 0.190. The number of rotatable bonds is 6. The maximum atomic E-state index is 12.4. The largest absolute Gasteiger partial charge is 0.341 e. The lowest BCUT2D eigenvalue weighted by Gasteiger charge is -2.16. The van der Waals surface area contributed by atoms with Gasteiger partial charge in [0.2, 0.25) is 5.91 Å². The lowest BCUT2D eigenvalue weighted by molar-refractivity contribution is -0.130. The van der Waals surface area contributed by atoms with Gasteiger partial charge in [-0.1, -0.05) is 30.3 Å². The molecule has 3 aromatic rings. The summed E-state index contributed by atoms with van der Waals surface area (Å²) in [6.45, 7) is 0.527. The van der Waals surface area contributed by atoms with E-state index < -0.39 is 0 Å². The van der Waals surface area contributed by atoms with Crippen LogP contribution in [0, 0.1) is 11.3 Å². The van der Waals surface area contributed by atoms with E-state index in [9.17, 15) is 4.79 Å². The number of carbonyl (C=O) groups excluding carboxylic acids is 1. The second-order valence-electron chi connectivity index (χ2n) is 6.19. The van der Waals surface area contributed by atoms with Gasteiger partial charge in [0.05, 0.1) is 23.5 Å². The van der Waals surface area contributed by atoms with Crippen LogP contribution in [0.5, 0.6) is 0 Å². The topological polar surface area (TPSA) is 61.9 Å². The summed E-state index contributed by atoms with van der Waals surface area (Å²) in [5.74, 6) is 0.0850. The number of hydrogen-bond acceptors (Lipinski definition) is 3. The van der Waals surface area contributed by atoms with E-state index in [0.29, 0.717) is 24.9 Å². The summed E-state index contributed by atoms with van der Waals surface area (Å²) in [5, 5.41) is 13.2. The zero-order valence-electron chi connectivity index (χ0n) is 14.7. The standard InChI is InChI=1S/C21H20N4O/c1-24(21(26)12-11-17-7-9-18(13-22)10-8-17)15-19-14-23-25(16-19)20-5-3-2-4-6-20/h2-10,14,16H,11-12,15H2,1H3. The summed E-state index contributed by atoms with van der Waals surface area (Å²) in [6, 6.07) is 19.3. The predicted molar refractivity (Wildman–Crippen MR) is 99.5 cm³/mol. The minimum atomic E-state index is 0.0850. The third-order valence-electron chi connectivity index (χ3n) is 4.21. The maximum Gasteiger partial charge on any atom is 0.222 e. The van der Waals surface area contributed by atoms with Gasteiger partial charge in [-0.15, -0.1) is 0 Å². The average Bonchev–Trinajstić information content (AvgIpc) is 3.15. The van der Waals surface area contributed by atoms with Crippen LogP contribution in [-0.4, -0.2) is 27.6 Å². The van der Waals surface area contributed by atoms with Gasteiger partial charge in [-0.3, -0.25) is 4.79 Å². The Hall–Kier alpha value is -3.39. The van der Waals surface area contributed by atoms with Gasteiger partial charge >= 0.3 is 0 Å². The molecule has 0 bridgehead atoms. The number of hydrogen-bond donors (Lipinski definition) is 0. The number of aryl methyl sites for hydroxylation is 1. The summed E-state index contributed by atoms with van der Waals surface area (Å²) in [7, 11) is 1.81. The minimum absolute atomic E-state index is 0.0850. The van der Waals surface area contributed by atoms with Gasteiger partial charge in [0, 0.05) is 31.8 Å². The van der Waals surface area contributed by atoms with Crippen LogP contribution in [0.25, 0.3) is 5.69 Å². The van der Waals surface area contributed by atoms with Crippen LogP contribution < -0.4 is 0 Å². The van der Waals surface area contributed by atoms with E-state index in [1.54, 1.807) is 30.3 Å². The second-order valence-corrected chi connectivity index (χ2v) is 6.19. The lowest BCUT2D eigenvalue weighted by atomic mass is 10.1. The highest BCUT2D eigenvalue weighted by Gasteiger charge is 2.11. The summed E-state index contributed by atoms with van der Waals surface area (Å²) in [4.78, 5) is 14.1. The van der Waals surface area contributed by atoms with Crippen molar-refractivity contribution in [2.75, 3.05) is 7.05 Å². The minimum Gasteiger partial charge on any atom is -0.341 e. The Morgan fingerprint density at radius 2 is 1.85 bits per heavy atom. The Kier molecular flexibility index (Phi) is 5.45. The first-order valence-electron chi connectivity index (χ1n) is 8.47. The molecule has 0 spiro atoms. The molecule has 0 saturated heterocycles. The van der Waals surface area contributed by atoms with Gasteiger partial charge in [-0.2, -0.15) is 10.4 Å². The molecule has 0 N–H and O–H groups in total. The first-order valence-corrected chi connectivity index (χ1v) is 8.47. The third-order valence-corrected chi connectivity index (χ3v) is 4.21. The molecule has 0 atom stereocenters. The molecule has 1 amide bonds. The molecule has 1 heterocycles. The Morgan fingerprint density at radius 3 is 2.54 bits per heavy atom. The van der Waals surface area contributed by atoms with E-state index in [0.717, 1.165) is 16.8 Å². The number of amides is 1. The van der Waals surface area contributed by atoms with Gasteiger partial charge in [0.1, 0.15) is 0 Å². The molecule has 1 aromatic heterocycles. The number of benzene rings is 2. The molecule has 0 fully saturated rings. The molecular formula is C21H20N4O. The molecule has 0 radical (unpaired) electrons. The first kappa shape index (κ1) is 17.4. The normalized spacial score (nSPS) is 10.3. The van der Waals surface area contributed by atoms with Crippen molar-refractivity contribution in [3.05, 3.63) is 83.7 Å². The monoisotopic (exact) mass is 344 g/mol. The number of nitrogens with zero attached hydrogens (tertiary/aromatic N) is 4. The number of nitriles is 1. The van der Waals surface area contributed by atoms with Gasteiger partial charge in [-0.25, -0.2) is 4.68 Å². The van der Waals surface area contributed by atoms with E-state index in [-0.39, 0.29) is 5.91 Å². The average molecular weight is 344 g/mol. The van der Waals surface area contributed by atoms with Crippen molar-refractivity contribution in [3.63, 3.8) is 0 Å². The van der Waals surface area contributed by atoms with Crippen LogP contribution in [0.2, 0.25) is 0 Å². The van der Waals surface area contributed by atoms with Gasteiger partial charge in [0.25, 0.3) is 0 Å². The molecule has 130 valence electrons. The van der Waals surface area contributed by atoms with Crippen LogP contribution in [0.1, 0.15) is 23.1 Å². The molecule has 0 saturated carbocycles. The molecule has 0 unspecified atom stereocenters. The van der Waals surface area contributed by atoms with Crippen molar-refractivity contribution in [1.82, 2.24) is 14.7 Å². The number of aromatic nitrogens is 2. The summed E-state index contributed by atoms with van der Waals surface area (Å²) in [6.07, 6.45) is 4.84. The van der Waals surface area contributed by atoms with Crippen molar-refractivity contribution >= 4 is 5.91 Å². The van der Waals surface area contributed by atoms with Gasteiger partial charge < -0.3 is 4.90 Å². The number of carbonyl (C=O) groups is 1. The fourth-order valence-corrected chi connectivity index (χ4v) is 2.71. The molecule has 0 aliphatic carbocycles. The van der Waals surface area contributed by atoms with Gasteiger partial charge in [-0.05, 0) is 36.2 Å². The summed E-state index contributed by atoms with van der Waals surface area (Å²) in [5.41, 5.74) is 3.67. The molecular weight excluding hydrogens is 324 g/mol. The van der Waals surface area contributed by atoms with E-state index in [1.165, 1.54) is 0 Å². The van der Waals surface area contributed by atoms with Crippen LogP contribution in [0.15, 0.2) is 67.0 Å². The molecule has 0 aliphatic heterocycles. The summed E-state index contributed by atoms with van der Waals surface area (Å²) < 4.78 is 1.81. The van der Waals surface area contributed by atoms with Crippen LogP contribution in [0.4, 0.5) is 0 Å². The lowest BCUT2D eigenvalue weighted by Crippen LogP contribution is -2.26. The maximum absolute atomic E-state index is 12.4. The van der Waals surface area contributed by atoms with Crippen molar-refractivity contribution in [2.45, 2.75) is 19.4 Å². The molecule has 0 aliphatic rings. The quantitative estimate of drug-likeness (QED) is 0.689. The van der Waals surface area contributed by atoms with Crippen molar-refractivity contribution < 1.29 is 4.79 Å². The van der Waals surface area contributed by atoms with Crippen molar-refractivity contribution in [3.8, 4) is 11.8 Å². The fourth-order valence-electron chi connectivity index (χ4n) is 2.71. The highest BCUT2D eigenvalue weighted by Crippen LogP contribution is 2.11. The second kappa shape index (κ2) is 8.13. The predicted octanol–water partition coefficient (Wildman–Crippen LogP) is 3.34. The zero-order chi connectivity index (χ0) is 18.4. The van der Waals surface area contributed by atoms with Crippen LogP contribution in [0.3, 0.4) is 0 Å². The van der Waals surface area contributed by atoms with Crippen molar-refractivity contribution in [2.24, 2.45) is 0 Å². The molecule has 3 rings (SSSR count). The van der Waals surface area contributed by atoms with E-state index in [1.807, 2.05) is 53.3 Å². The zero-order valence-corrected chi connectivity index (χ0v) is 14.7. The third kappa shape index (κ3) is 4.37. The molecule has 5 nitrogen and oxygen atoms in total. The van der Waals surface area contributed by atoms with Gasteiger partial charge in [0.15, 0.2) is 0 Å². The van der Waals surface area contributed by atoms with E-state index >= 15 is 0 Å². The molecule has 26 heavy (non-hydrogen) atoms. The van der Waals surface area contributed by atoms with Crippen molar-refractivity contribution in [1.29, 1.82) is 5.26 Å². The number of para-hydroxylation sites is 1.